The van der Waals surface area contributed by atoms with Crippen LogP contribution in [0.25, 0.3) is 0 Å². The van der Waals surface area contributed by atoms with Crippen LogP contribution in [0, 0.1) is 0 Å². The maximum Gasteiger partial charge on any atom is 0.214 e. The summed E-state index contributed by atoms with van der Waals surface area (Å²) in [5, 5.41) is 3.21. The maximum absolute atomic E-state index is 11.7. The number of nitrogens with zero attached hydrogens (tertiary/aromatic N) is 1. The number of nitrogens with one attached hydrogen (secondary N) is 1. The second-order valence-electron chi connectivity index (χ2n) is 3.61. The number of piperazine rings is 1. The minimum atomic E-state index is -3.06. The number of hydrogen-bond acceptors (Lipinski definition) is 3. The van der Waals surface area contributed by atoms with E-state index in [-0.39, 0.29) is 24.2 Å². The van der Waals surface area contributed by atoms with Crippen molar-refractivity contribution >= 4 is 22.4 Å². The van der Waals surface area contributed by atoms with Crippen molar-refractivity contribution in [3.8, 4) is 0 Å². The highest BCUT2D eigenvalue weighted by Gasteiger charge is 2.25. The highest BCUT2D eigenvalue weighted by molar-refractivity contribution is 7.89. The number of rotatable bonds is 4. The van der Waals surface area contributed by atoms with E-state index in [1.54, 1.807) is 10.4 Å². The molecule has 6 heteroatoms. The summed E-state index contributed by atoms with van der Waals surface area (Å²) in [6.45, 7) is 7.44. The van der Waals surface area contributed by atoms with Gasteiger partial charge in [0.25, 0.3) is 0 Å². The van der Waals surface area contributed by atoms with Crippen LogP contribution in [0.1, 0.15) is 13.3 Å². The number of sulfonamides is 1. The Kier molecular flexibility index (Phi) is 6.43. The van der Waals surface area contributed by atoms with E-state index in [9.17, 15) is 8.42 Å². The number of allylic oxidation sites excluding steroid dienone is 1. The van der Waals surface area contributed by atoms with E-state index in [2.05, 4.69) is 11.9 Å². The molecule has 1 heterocycles. The average Bonchev–Trinajstić information content (AvgIpc) is 2.15. The van der Waals surface area contributed by atoms with E-state index in [0.29, 0.717) is 19.5 Å². The van der Waals surface area contributed by atoms with E-state index in [0.717, 1.165) is 6.54 Å². The summed E-state index contributed by atoms with van der Waals surface area (Å²) in [7, 11) is -3.06. The van der Waals surface area contributed by atoms with Gasteiger partial charge >= 0.3 is 0 Å². The molecule has 15 heavy (non-hydrogen) atoms. The van der Waals surface area contributed by atoms with Crippen LogP contribution in [-0.4, -0.2) is 44.2 Å². The first-order chi connectivity index (χ1) is 6.56. The van der Waals surface area contributed by atoms with Gasteiger partial charge in [-0.15, -0.1) is 19.0 Å². The molecule has 1 fully saturated rings. The highest BCUT2D eigenvalue weighted by Crippen LogP contribution is 2.07. The van der Waals surface area contributed by atoms with E-state index in [1.807, 2.05) is 6.92 Å². The molecule has 0 amide bonds. The van der Waals surface area contributed by atoms with Gasteiger partial charge in [-0.2, -0.15) is 4.31 Å². The molecule has 1 aliphatic rings. The van der Waals surface area contributed by atoms with Crippen LogP contribution in [0.15, 0.2) is 12.7 Å². The van der Waals surface area contributed by atoms with Gasteiger partial charge in [-0.1, -0.05) is 6.08 Å². The molecule has 0 aliphatic carbocycles. The van der Waals surface area contributed by atoms with Crippen molar-refractivity contribution < 1.29 is 8.42 Å². The van der Waals surface area contributed by atoms with Crippen LogP contribution in [0.2, 0.25) is 0 Å². The third-order valence-electron chi connectivity index (χ3n) is 2.30. The quantitative estimate of drug-likeness (QED) is 0.748. The van der Waals surface area contributed by atoms with Gasteiger partial charge in [0.15, 0.2) is 0 Å². The van der Waals surface area contributed by atoms with Crippen LogP contribution in [0.5, 0.6) is 0 Å². The van der Waals surface area contributed by atoms with Crippen LogP contribution < -0.4 is 5.32 Å². The normalized spacial score (nSPS) is 23.1. The van der Waals surface area contributed by atoms with Crippen molar-refractivity contribution in [3.05, 3.63) is 12.7 Å². The fraction of sp³-hybridized carbons (Fsp3) is 0.778. The van der Waals surface area contributed by atoms with Gasteiger partial charge < -0.3 is 5.32 Å². The van der Waals surface area contributed by atoms with Gasteiger partial charge in [0, 0.05) is 25.7 Å². The average molecular weight is 255 g/mol. The summed E-state index contributed by atoms with van der Waals surface area (Å²) in [5.74, 6) is 0.184. The second-order valence-corrected chi connectivity index (χ2v) is 5.70. The molecule has 1 rings (SSSR count). The molecular weight excluding hydrogens is 236 g/mol. The van der Waals surface area contributed by atoms with Gasteiger partial charge in [-0.25, -0.2) is 8.42 Å². The van der Waals surface area contributed by atoms with Crippen molar-refractivity contribution in [3.63, 3.8) is 0 Å². The Morgan fingerprint density at radius 1 is 1.60 bits per heavy atom. The van der Waals surface area contributed by atoms with E-state index in [4.69, 9.17) is 0 Å². The largest absolute Gasteiger partial charge is 0.312 e. The summed E-state index contributed by atoms with van der Waals surface area (Å²) in [5.41, 5.74) is 0. The number of hydrogen-bond donors (Lipinski definition) is 1. The van der Waals surface area contributed by atoms with Crippen LogP contribution in [-0.2, 0) is 10.0 Å². The topological polar surface area (TPSA) is 49.4 Å². The van der Waals surface area contributed by atoms with Gasteiger partial charge in [0.1, 0.15) is 0 Å². The number of halogens is 1. The van der Waals surface area contributed by atoms with Crippen LogP contribution in [0.4, 0.5) is 0 Å². The monoisotopic (exact) mass is 254 g/mol. The van der Waals surface area contributed by atoms with Gasteiger partial charge in [0.05, 0.1) is 5.75 Å². The van der Waals surface area contributed by atoms with Crippen molar-refractivity contribution in [2.45, 2.75) is 19.4 Å². The molecule has 1 N–H and O–H groups in total. The Morgan fingerprint density at radius 3 is 2.80 bits per heavy atom. The lowest BCUT2D eigenvalue weighted by Crippen LogP contribution is -2.51. The zero-order chi connectivity index (χ0) is 10.6. The standard InChI is InChI=1S/C9H18N2O2S.ClH/c1-3-4-7-14(12,13)11-6-5-10-9(2)8-11;/h3,9-10H,1,4-8H2,2H3;1H/t9-;/m0./s1. The molecular formula is C9H19ClN2O2S. The van der Waals surface area contributed by atoms with E-state index in [1.165, 1.54) is 0 Å². The molecule has 0 aromatic heterocycles. The first-order valence-corrected chi connectivity index (χ1v) is 6.49. The van der Waals surface area contributed by atoms with Crippen LogP contribution in [0.3, 0.4) is 0 Å². The smallest absolute Gasteiger partial charge is 0.214 e. The molecule has 1 aliphatic heterocycles. The summed E-state index contributed by atoms with van der Waals surface area (Å²) in [6, 6.07) is 0.252. The minimum absolute atomic E-state index is 0. The highest BCUT2D eigenvalue weighted by atomic mass is 35.5. The Morgan fingerprint density at radius 2 is 2.27 bits per heavy atom. The molecule has 0 bridgehead atoms. The lowest BCUT2D eigenvalue weighted by Gasteiger charge is -2.30. The maximum atomic E-state index is 11.7. The first kappa shape index (κ1) is 14.9. The first-order valence-electron chi connectivity index (χ1n) is 4.88. The molecule has 4 nitrogen and oxygen atoms in total. The predicted octanol–water partition coefficient (Wildman–Crippen LogP) is 0.608. The fourth-order valence-electron chi connectivity index (χ4n) is 1.51. The Labute approximate surface area is 98.2 Å². The molecule has 90 valence electrons. The van der Waals surface area contributed by atoms with Crippen LogP contribution >= 0.6 is 12.4 Å². The molecule has 1 atom stereocenters. The molecule has 0 unspecified atom stereocenters. The molecule has 0 radical (unpaired) electrons. The van der Waals surface area contributed by atoms with Gasteiger partial charge in [0.2, 0.25) is 10.0 Å². The Hall–Kier alpha value is -0.100. The summed E-state index contributed by atoms with van der Waals surface area (Å²) in [4.78, 5) is 0. The summed E-state index contributed by atoms with van der Waals surface area (Å²) < 4.78 is 25.0. The fourth-order valence-corrected chi connectivity index (χ4v) is 3.05. The summed E-state index contributed by atoms with van der Waals surface area (Å²) in [6.07, 6.45) is 2.17. The van der Waals surface area contributed by atoms with Gasteiger partial charge in [-0.3, -0.25) is 0 Å². The zero-order valence-corrected chi connectivity index (χ0v) is 10.6. The van der Waals surface area contributed by atoms with Crippen molar-refractivity contribution in [2.24, 2.45) is 0 Å². The molecule has 0 spiro atoms. The Balaban J connectivity index is 0.00000196. The molecule has 1 saturated heterocycles. The predicted molar refractivity (Wildman–Crippen MR) is 64.9 cm³/mol. The lowest BCUT2D eigenvalue weighted by molar-refractivity contribution is 0.310. The zero-order valence-electron chi connectivity index (χ0n) is 8.98. The van der Waals surface area contributed by atoms with Crippen molar-refractivity contribution in [2.75, 3.05) is 25.4 Å². The molecule has 0 aromatic rings. The third kappa shape index (κ3) is 4.51. The lowest BCUT2D eigenvalue weighted by atomic mass is 10.3. The minimum Gasteiger partial charge on any atom is -0.312 e. The van der Waals surface area contributed by atoms with E-state index >= 15 is 0 Å². The van der Waals surface area contributed by atoms with Crippen molar-refractivity contribution in [1.82, 2.24) is 9.62 Å². The van der Waals surface area contributed by atoms with Crippen molar-refractivity contribution in [1.29, 1.82) is 0 Å². The third-order valence-corrected chi connectivity index (χ3v) is 4.17. The molecule has 0 saturated carbocycles. The molecule has 0 aromatic carbocycles. The Bertz CT molecular complexity index is 292. The second kappa shape index (κ2) is 6.48. The summed E-state index contributed by atoms with van der Waals surface area (Å²) >= 11 is 0. The SMILES string of the molecule is C=CCCS(=O)(=O)N1CCN[C@@H](C)C1.Cl. The van der Waals surface area contributed by atoms with E-state index < -0.39 is 10.0 Å². The van der Waals surface area contributed by atoms with Gasteiger partial charge in [-0.05, 0) is 13.3 Å².